The van der Waals surface area contributed by atoms with Gasteiger partial charge in [-0.25, -0.2) is 29.9 Å². The van der Waals surface area contributed by atoms with Crippen LogP contribution in [0.15, 0.2) is 364 Å². The molecule has 22 rings (SSSR count). The average molecular weight is 1470 g/mol. The van der Waals surface area contributed by atoms with Crippen LogP contribution in [0.4, 0.5) is 5.69 Å². The van der Waals surface area contributed by atoms with Gasteiger partial charge in [-0.1, -0.05) is 322 Å². The van der Waals surface area contributed by atoms with Crippen molar-refractivity contribution < 1.29 is 9.47 Å². The predicted molar refractivity (Wildman–Crippen MR) is 457 cm³/mol. The van der Waals surface area contributed by atoms with Crippen molar-refractivity contribution in [2.24, 2.45) is 5.92 Å². The van der Waals surface area contributed by atoms with Crippen molar-refractivity contribution >= 4 is 5.69 Å². The normalized spacial score (nSPS) is 16.7. The third-order valence-electron chi connectivity index (χ3n) is 24.2. The van der Waals surface area contributed by atoms with Gasteiger partial charge >= 0.3 is 0 Å². The quantitative estimate of drug-likeness (QED) is 0.0981. The van der Waals surface area contributed by atoms with E-state index in [0.29, 0.717) is 46.3 Å². The lowest BCUT2D eigenvalue weighted by Gasteiger charge is -2.45. The lowest BCUT2D eigenvalue weighted by molar-refractivity contribution is 0.312. The lowest BCUT2D eigenvalue weighted by atomic mass is 9.60. The monoisotopic (exact) mass is 1470 g/mol. The van der Waals surface area contributed by atoms with Crippen molar-refractivity contribution in [3.63, 3.8) is 0 Å². The van der Waals surface area contributed by atoms with Crippen LogP contribution < -0.4 is 15.2 Å². The van der Waals surface area contributed by atoms with Gasteiger partial charge in [-0.2, -0.15) is 5.26 Å². The fourth-order valence-electron chi connectivity index (χ4n) is 19.0. The maximum atomic E-state index is 9.88. The third-order valence-corrected chi connectivity index (χ3v) is 24.2. The Bertz CT molecular complexity index is 6810. The lowest BCUT2D eigenvalue weighted by Crippen LogP contribution is -2.39. The third kappa shape index (κ3) is 10.7. The van der Waals surface area contributed by atoms with E-state index in [1.165, 1.54) is 11.1 Å². The van der Waals surface area contributed by atoms with Crippen LogP contribution in [0.3, 0.4) is 0 Å². The summed E-state index contributed by atoms with van der Waals surface area (Å²) < 4.78 is 15.2. The van der Waals surface area contributed by atoms with Gasteiger partial charge < -0.3 is 15.2 Å². The molecule has 2 N–H and O–H groups in total. The topological polar surface area (TPSA) is 146 Å². The van der Waals surface area contributed by atoms with Crippen LogP contribution >= 0.6 is 0 Å². The van der Waals surface area contributed by atoms with Crippen molar-refractivity contribution in [1.29, 1.82) is 5.26 Å². The molecule has 4 atom stereocenters. The maximum absolute atomic E-state index is 9.88. The van der Waals surface area contributed by atoms with Crippen LogP contribution in [0.2, 0.25) is 0 Å². The Balaban J connectivity index is 0.658. The Hall–Kier alpha value is -15.1. The number of allylic oxidation sites excluding steroid dienone is 2. The molecule has 2 spiro atoms. The first-order valence-corrected chi connectivity index (χ1v) is 39.1. The van der Waals surface area contributed by atoms with E-state index >= 15 is 0 Å². The van der Waals surface area contributed by atoms with E-state index in [9.17, 15) is 5.26 Å². The first-order chi connectivity index (χ1) is 56.8. The highest BCUT2D eigenvalue weighted by atomic mass is 16.5. The number of nitrogens with zero attached hydrogens (tertiary/aromatic N) is 7. The zero-order chi connectivity index (χ0) is 76.3. The van der Waals surface area contributed by atoms with Gasteiger partial charge in [0.05, 0.1) is 28.0 Å². The summed E-state index contributed by atoms with van der Waals surface area (Å²) in [5, 5.41) is 9.88. The first kappa shape index (κ1) is 66.9. The van der Waals surface area contributed by atoms with Crippen molar-refractivity contribution in [2.45, 2.75) is 29.6 Å². The molecule has 10 nitrogen and oxygen atoms in total. The number of ether oxygens (including phenoxy) is 2. The van der Waals surface area contributed by atoms with Crippen LogP contribution in [0.25, 0.3) is 135 Å². The molecule has 10 heteroatoms. The molecule has 2 aliphatic heterocycles. The summed E-state index contributed by atoms with van der Waals surface area (Å²) in [6.45, 7) is 0. The maximum Gasteiger partial charge on any atom is 0.167 e. The van der Waals surface area contributed by atoms with E-state index in [-0.39, 0.29) is 11.8 Å². The van der Waals surface area contributed by atoms with Crippen LogP contribution in [0.1, 0.15) is 68.8 Å². The Morgan fingerprint density at radius 3 is 1.26 bits per heavy atom. The summed E-state index contributed by atoms with van der Waals surface area (Å²) in [6.07, 6.45) is 6.82. The Morgan fingerprint density at radius 2 is 0.678 bits per heavy atom. The van der Waals surface area contributed by atoms with E-state index in [1.54, 1.807) is 0 Å². The largest absolute Gasteiger partial charge is 0.455 e. The van der Waals surface area contributed by atoms with Crippen LogP contribution in [0.5, 0.6) is 23.0 Å². The zero-order valence-electron chi connectivity index (χ0n) is 62.2. The van der Waals surface area contributed by atoms with Crippen LogP contribution in [-0.2, 0) is 10.8 Å². The van der Waals surface area contributed by atoms with E-state index in [0.717, 1.165) is 169 Å². The number of anilines is 1. The van der Waals surface area contributed by atoms with Gasteiger partial charge in [-0.15, -0.1) is 0 Å². The molecule has 2 aromatic heterocycles. The molecule has 0 saturated heterocycles. The molecule has 0 radical (unpaired) electrons. The fraction of sp³-hybridized carbons (Fsp3) is 0.0571. The molecular weight excluding hydrogens is 1410 g/mol. The van der Waals surface area contributed by atoms with Gasteiger partial charge in [0.2, 0.25) is 0 Å². The summed E-state index contributed by atoms with van der Waals surface area (Å²) in [5.41, 5.74) is 32.8. The molecule has 540 valence electrons. The zero-order valence-corrected chi connectivity index (χ0v) is 62.2. The van der Waals surface area contributed by atoms with Crippen molar-refractivity contribution in [3.8, 4) is 164 Å². The Kier molecular flexibility index (Phi) is 15.6. The van der Waals surface area contributed by atoms with Gasteiger partial charge in [0.15, 0.2) is 34.9 Å². The minimum Gasteiger partial charge on any atom is -0.455 e. The molecule has 5 aliphatic rings. The van der Waals surface area contributed by atoms with Crippen molar-refractivity contribution in [2.75, 3.05) is 5.73 Å². The molecule has 15 aromatic carbocycles. The number of hydrogen-bond donors (Lipinski definition) is 1. The van der Waals surface area contributed by atoms with Crippen molar-refractivity contribution in [1.82, 2.24) is 29.9 Å². The summed E-state index contributed by atoms with van der Waals surface area (Å²) in [6, 6.07) is 126. The summed E-state index contributed by atoms with van der Waals surface area (Å²) in [7, 11) is 0. The fourth-order valence-corrected chi connectivity index (χ4v) is 19.0. The molecule has 0 fully saturated rings. The van der Waals surface area contributed by atoms with Gasteiger partial charge in [-0.05, 0) is 134 Å². The Morgan fingerprint density at radius 1 is 0.296 bits per heavy atom. The minimum atomic E-state index is -0.877. The standard InChI is InChI=1S/C105H68N8O2/c106-63-64-43-45-68(46-44-64)78-32-17-39-90-94(78)114-96-80(34-19-41-92(96)104(90)86-36-13-10-29-81(86)82-30-11-14-37-87(82)104)75-27-16-28-76(61-75)102-110-98(70-21-4-1-5-22-70)108-101(111-102)73-53-49-67(50-54-73)74-57-60-89-85(62-74)83-31-12-15-38-88(83)105(89)91-40-18-33-79(69-51-47-65(48-52-69)66-55-58-77(107)59-56-66)95(91)115-97-84(35-20-42-93(97)105)103-112-99(71-23-6-2-7-24-71)109-100(113-103)72-25-8-3-9-26-72/h1-13,15-36,38-62,82,87H,14,37,107H2. The SMILES string of the molecule is N#Cc1ccc(-c2cccc3c2Oc2c(-c4cccc(-c5nc(-c6ccccc6)nc(-c6ccc(-c7ccc8c(c7)-c7ccccc7C87c8cccc(-c9ccc(-c%10ccc(N)cc%10)cc9)c8Oc8c(-c9nc(-c%10ccccc%10)nc(-c%10ccccc%10)n9)cccc87)cc6)n5)c4)cccc2C32c3ccccc3C3C=CCCC32)cc1. The second-order valence-electron chi connectivity index (χ2n) is 30.3. The highest BCUT2D eigenvalue weighted by Gasteiger charge is 2.58. The highest BCUT2D eigenvalue weighted by Crippen LogP contribution is 2.69. The number of benzene rings is 15. The molecule has 4 heterocycles. The Labute approximate surface area is 665 Å². The summed E-state index contributed by atoms with van der Waals surface area (Å²) >= 11 is 0. The summed E-state index contributed by atoms with van der Waals surface area (Å²) in [5.74, 6) is 6.83. The highest BCUT2D eigenvalue weighted by molar-refractivity contribution is 5.95. The number of fused-ring (bicyclic) bond motifs is 18. The second kappa shape index (κ2) is 26.9. The smallest absolute Gasteiger partial charge is 0.167 e. The van der Waals surface area contributed by atoms with E-state index < -0.39 is 10.8 Å². The van der Waals surface area contributed by atoms with Crippen molar-refractivity contribution in [3.05, 3.63) is 414 Å². The number of hydrogen-bond acceptors (Lipinski definition) is 10. The minimum absolute atomic E-state index is 0.231. The van der Waals surface area contributed by atoms with Crippen LogP contribution in [-0.4, -0.2) is 29.9 Å². The second-order valence-corrected chi connectivity index (χ2v) is 30.3. The molecule has 0 bridgehead atoms. The molecule has 115 heavy (non-hydrogen) atoms. The van der Waals surface area contributed by atoms with Crippen LogP contribution in [0, 0.1) is 17.2 Å². The molecule has 4 unspecified atom stereocenters. The number of para-hydroxylation sites is 4. The van der Waals surface area contributed by atoms with Gasteiger partial charge in [0.1, 0.15) is 23.0 Å². The number of rotatable bonds is 11. The molecule has 3 aliphatic carbocycles. The molecule has 0 amide bonds. The first-order valence-electron chi connectivity index (χ1n) is 39.1. The number of nitrogen functional groups attached to an aromatic ring is 1. The number of nitrogens with two attached hydrogens (primary N) is 1. The molecule has 0 saturated carbocycles. The average Bonchev–Trinajstić information content (AvgIpc) is 1.56. The van der Waals surface area contributed by atoms with Gasteiger partial charge in [0, 0.05) is 78.4 Å². The molecular formula is C105H68N8O2. The van der Waals surface area contributed by atoms with Gasteiger partial charge in [0.25, 0.3) is 0 Å². The molecule has 17 aromatic rings. The van der Waals surface area contributed by atoms with E-state index in [4.69, 9.17) is 45.1 Å². The van der Waals surface area contributed by atoms with Gasteiger partial charge in [-0.3, -0.25) is 0 Å². The van der Waals surface area contributed by atoms with E-state index in [1.807, 2.05) is 115 Å². The predicted octanol–water partition coefficient (Wildman–Crippen LogP) is 24.8. The number of nitriles is 1. The van der Waals surface area contributed by atoms with E-state index in [2.05, 4.69) is 255 Å². The summed E-state index contributed by atoms with van der Waals surface area (Å²) in [4.78, 5) is 31.8. The number of aromatic nitrogens is 6.